The highest BCUT2D eigenvalue weighted by Gasteiger charge is 2.04. The van der Waals surface area contributed by atoms with Crippen molar-refractivity contribution in [3.05, 3.63) is 28.8 Å². The fourth-order valence-corrected chi connectivity index (χ4v) is 1.21. The van der Waals surface area contributed by atoms with E-state index in [1.54, 1.807) is 12.1 Å². The van der Waals surface area contributed by atoms with Gasteiger partial charge in [0.05, 0.1) is 5.56 Å². The van der Waals surface area contributed by atoms with Gasteiger partial charge in [-0.05, 0) is 24.6 Å². The van der Waals surface area contributed by atoms with Gasteiger partial charge in [-0.15, -0.1) is 0 Å². The van der Waals surface area contributed by atoms with Crippen LogP contribution >= 0.6 is 11.6 Å². The number of amidine groups is 1. The lowest BCUT2D eigenvalue weighted by Crippen LogP contribution is -2.14. The summed E-state index contributed by atoms with van der Waals surface area (Å²) in [4.78, 5) is 4.09. The fourth-order valence-electron chi connectivity index (χ4n) is 1.04. The number of phenolic OH excluding ortho intramolecular Hbond substituents is 1. The van der Waals surface area contributed by atoms with E-state index in [1.807, 2.05) is 6.92 Å². The standard InChI is InChI=1S/C10H13ClN2O/c1-2-5-13-10(12)8-4-3-7(11)6-9(8)14/h3-4,6,14H,2,5H2,1H3,(H2,12,13). The van der Waals surface area contributed by atoms with Gasteiger partial charge in [0.15, 0.2) is 0 Å². The van der Waals surface area contributed by atoms with Crippen LogP contribution in [0, 0.1) is 0 Å². The molecule has 14 heavy (non-hydrogen) atoms. The van der Waals surface area contributed by atoms with Crippen LogP contribution in [0.3, 0.4) is 0 Å². The number of benzene rings is 1. The molecule has 1 rings (SSSR count). The van der Waals surface area contributed by atoms with Gasteiger partial charge in [-0.1, -0.05) is 18.5 Å². The Kier molecular flexibility index (Phi) is 3.77. The van der Waals surface area contributed by atoms with Gasteiger partial charge in [-0.2, -0.15) is 0 Å². The maximum absolute atomic E-state index is 9.52. The molecule has 0 amide bonds. The second kappa shape index (κ2) is 4.86. The van der Waals surface area contributed by atoms with Crippen LogP contribution in [-0.4, -0.2) is 17.5 Å². The van der Waals surface area contributed by atoms with Gasteiger partial charge in [-0.25, -0.2) is 0 Å². The molecule has 0 saturated carbocycles. The van der Waals surface area contributed by atoms with Gasteiger partial charge in [0.2, 0.25) is 0 Å². The minimum absolute atomic E-state index is 0.0647. The van der Waals surface area contributed by atoms with Crippen molar-refractivity contribution in [2.24, 2.45) is 10.7 Å². The summed E-state index contributed by atoms with van der Waals surface area (Å²) in [6, 6.07) is 4.78. The lowest BCUT2D eigenvalue weighted by atomic mass is 10.2. The van der Waals surface area contributed by atoms with Crippen molar-refractivity contribution in [2.45, 2.75) is 13.3 Å². The molecule has 0 radical (unpaired) electrons. The minimum Gasteiger partial charge on any atom is -0.507 e. The van der Waals surface area contributed by atoms with Crippen LogP contribution in [0.1, 0.15) is 18.9 Å². The van der Waals surface area contributed by atoms with E-state index in [2.05, 4.69) is 4.99 Å². The zero-order valence-electron chi connectivity index (χ0n) is 8.00. The monoisotopic (exact) mass is 212 g/mol. The molecule has 1 aromatic rings. The molecule has 3 N–H and O–H groups in total. The predicted octanol–water partition coefficient (Wildman–Crippen LogP) is 2.16. The fraction of sp³-hybridized carbons (Fsp3) is 0.300. The molecule has 0 bridgehead atoms. The molecule has 0 atom stereocenters. The second-order valence-corrected chi connectivity index (χ2v) is 3.36. The normalized spacial score (nSPS) is 11.7. The molecule has 0 aromatic heterocycles. The van der Waals surface area contributed by atoms with Gasteiger partial charge >= 0.3 is 0 Å². The SMILES string of the molecule is CCCN=C(N)c1ccc(Cl)cc1O. The summed E-state index contributed by atoms with van der Waals surface area (Å²) in [6.07, 6.45) is 0.926. The summed E-state index contributed by atoms with van der Waals surface area (Å²) >= 11 is 5.69. The Hall–Kier alpha value is -1.22. The van der Waals surface area contributed by atoms with Crippen molar-refractivity contribution in [3.8, 4) is 5.75 Å². The Morgan fingerprint density at radius 1 is 1.57 bits per heavy atom. The summed E-state index contributed by atoms with van der Waals surface area (Å²) in [5.74, 6) is 0.413. The summed E-state index contributed by atoms with van der Waals surface area (Å²) in [7, 11) is 0. The quantitative estimate of drug-likeness (QED) is 0.596. The molecule has 4 heteroatoms. The third-order valence-corrected chi connectivity index (χ3v) is 1.98. The van der Waals surface area contributed by atoms with Crippen LogP contribution in [0.4, 0.5) is 0 Å². The van der Waals surface area contributed by atoms with Gasteiger partial charge in [-0.3, -0.25) is 4.99 Å². The Bertz CT molecular complexity index is 350. The van der Waals surface area contributed by atoms with Gasteiger partial charge in [0.25, 0.3) is 0 Å². The molecule has 0 fully saturated rings. The molecular weight excluding hydrogens is 200 g/mol. The van der Waals surface area contributed by atoms with E-state index in [0.29, 0.717) is 23.0 Å². The largest absolute Gasteiger partial charge is 0.507 e. The lowest BCUT2D eigenvalue weighted by molar-refractivity contribution is 0.474. The summed E-state index contributed by atoms with van der Waals surface area (Å²) in [6.45, 7) is 2.67. The van der Waals surface area contributed by atoms with Gasteiger partial charge in [0.1, 0.15) is 11.6 Å². The molecule has 3 nitrogen and oxygen atoms in total. The van der Waals surface area contributed by atoms with Crippen molar-refractivity contribution in [2.75, 3.05) is 6.54 Å². The smallest absolute Gasteiger partial charge is 0.129 e. The van der Waals surface area contributed by atoms with E-state index in [-0.39, 0.29) is 5.75 Å². The maximum Gasteiger partial charge on any atom is 0.129 e. The van der Waals surface area contributed by atoms with Crippen molar-refractivity contribution in [3.63, 3.8) is 0 Å². The Labute approximate surface area is 88.2 Å². The molecule has 0 spiro atoms. The van der Waals surface area contributed by atoms with Crippen molar-refractivity contribution >= 4 is 17.4 Å². The van der Waals surface area contributed by atoms with Crippen molar-refractivity contribution < 1.29 is 5.11 Å². The average Bonchev–Trinajstić information content (AvgIpc) is 2.14. The highest BCUT2D eigenvalue weighted by molar-refractivity contribution is 6.30. The first-order valence-electron chi connectivity index (χ1n) is 4.44. The summed E-state index contributed by atoms with van der Waals surface area (Å²) < 4.78 is 0. The van der Waals surface area contributed by atoms with Crippen LogP contribution < -0.4 is 5.73 Å². The summed E-state index contributed by atoms with van der Waals surface area (Å²) in [5, 5.41) is 10.00. The van der Waals surface area contributed by atoms with E-state index in [4.69, 9.17) is 17.3 Å². The first kappa shape index (κ1) is 10.9. The molecule has 0 aliphatic heterocycles. The molecule has 0 heterocycles. The number of phenols is 1. The number of aliphatic imine (C=N–C) groups is 1. The average molecular weight is 213 g/mol. The van der Waals surface area contributed by atoms with Crippen LogP contribution in [0.5, 0.6) is 5.75 Å². The topological polar surface area (TPSA) is 58.6 Å². The zero-order valence-corrected chi connectivity index (χ0v) is 8.75. The molecule has 0 aliphatic carbocycles. The molecule has 76 valence electrons. The minimum atomic E-state index is 0.0647. The Balaban J connectivity index is 2.95. The van der Waals surface area contributed by atoms with Crippen LogP contribution in [0.15, 0.2) is 23.2 Å². The third-order valence-electron chi connectivity index (χ3n) is 1.74. The molecule has 0 aliphatic rings. The van der Waals surface area contributed by atoms with Crippen LogP contribution in [-0.2, 0) is 0 Å². The second-order valence-electron chi connectivity index (χ2n) is 2.93. The van der Waals surface area contributed by atoms with E-state index < -0.39 is 0 Å². The third kappa shape index (κ3) is 2.64. The van der Waals surface area contributed by atoms with Crippen molar-refractivity contribution in [1.29, 1.82) is 0 Å². The van der Waals surface area contributed by atoms with Crippen LogP contribution in [0.2, 0.25) is 5.02 Å². The number of aromatic hydroxyl groups is 1. The Morgan fingerprint density at radius 3 is 2.86 bits per heavy atom. The van der Waals surface area contributed by atoms with Gasteiger partial charge in [0, 0.05) is 11.6 Å². The van der Waals surface area contributed by atoms with E-state index in [1.165, 1.54) is 6.07 Å². The number of nitrogens with zero attached hydrogens (tertiary/aromatic N) is 1. The van der Waals surface area contributed by atoms with E-state index in [0.717, 1.165) is 6.42 Å². The number of nitrogens with two attached hydrogens (primary N) is 1. The molecule has 0 unspecified atom stereocenters. The maximum atomic E-state index is 9.52. The van der Waals surface area contributed by atoms with Crippen LogP contribution in [0.25, 0.3) is 0 Å². The highest BCUT2D eigenvalue weighted by atomic mass is 35.5. The predicted molar refractivity (Wildman–Crippen MR) is 59.0 cm³/mol. The number of hydrogen-bond donors (Lipinski definition) is 2. The van der Waals surface area contributed by atoms with Crippen molar-refractivity contribution in [1.82, 2.24) is 0 Å². The zero-order chi connectivity index (χ0) is 10.6. The molecular formula is C10H13ClN2O. The highest BCUT2D eigenvalue weighted by Crippen LogP contribution is 2.21. The van der Waals surface area contributed by atoms with E-state index >= 15 is 0 Å². The van der Waals surface area contributed by atoms with E-state index in [9.17, 15) is 5.11 Å². The number of rotatable bonds is 3. The first-order valence-corrected chi connectivity index (χ1v) is 4.81. The Morgan fingerprint density at radius 2 is 2.29 bits per heavy atom. The lowest BCUT2D eigenvalue weighted by Gasteiger charge is -2.03. The number of halogens is 1. The first-order chi connectivity index (χ1) is 6.65. The number of hydrogen-bond acceptors (Lipinski definition) is 2. The van der Waals surface area contributed by atoms with Gasteiger partial charge < -0.3 is 10.8 Å². The molecule has 0 saturated heterocycles. The molecule has 1 aromatic carbocycles. The summed E-state index contributed by atoms with van der Waals surface area (Å²) in [5.41, 5.74) is 6.21.